The topological polar surface area (TPSA) is 101 Å². The van der Waals surface area contributed by atoms with Crippen LogP contribution in [0.2, 0.25) is 0 Å². The zero-order valence-corrected chi connectivity index (χ0v) is 21.3. The highest BCUT2D eigenvalue weighted by atomic mass is 32.2. The van der Waals surface area contributed by atoms with Crippen LogP contribution in [0.15, 0.2) is 34.5 Å². The zero-order chi connectivity index (χ0) is 25.5. The van der Waals surface area contributed by atoms with Crippen molar-refractivity contribution in [1.82, 2.24) is 4.57 Å². The van der Waals surface area contributed by atoms with Crippen LogP contribution < -0.4 is 10.3 Å². The average Bonchev–Trinajstić information content (AvgIpc) is 3.64. The van der Waals surface area contributed by atoms with Gasteiger partial charge in [-0.3, -0.25) is 4.79 Å². The maximum Gasteiger partial charge on any atom is 0.344 e. The number of sulfone groups is 1. The van der Waals surface area contributed by atoms with Crippen LogP contribution in [0.3, 0.4) is 0 Å². The lowest BCUT2D eigenvalue weighted by Crippen LogP contribution is -2.33. The first-order valence-electron chi connectivity index (χ1n) is 11.8. The summed E-state index contributed by atoms with van der Waals surface area (Å²) in [6.07, 6.45) is 3.39. The van der Waals surface area contributed by atoms with Gasteiger partial charge in [-0.2, -0.15) is 0 Å². The maximum absolute atomic E-state index is 13.6. The van der Waals surface area contributed by atoms with Crippen molar-refractivity contribution in [1.29, 1.82) is 0 Å². The lowest BCUT2D eigenvalue weighted by molar-refractivity contribution is 0.0375. The van der Waals surface area contributed by atoms with Crippen LogP contribution in [0.25, 0.3) is 17.3 Å². The third kappa shape index (κ3) is 4.54. The Labute approximate surface area is 205 Å². The van der Waals surface area contributed by atoms with Gasteiger partial charge in [0.25, 0.3) is 5.56 Å². The Hall–Kier alpha value is -2.91. The fourth-order valence-corrected chi connectivity index (χ4v) is 6.01. The molecule has 1 aromatic carbocycles. The number of hydrogen-bond donors (Lipinski definition) is 0. The molecule has 35 heavy (non-hydrogen) atoms. The molecule has 1 aliphatic carbocycles. The zero-order valence-electron chi connectivity index (χ0n) is 20.5. The maximum atomic E-state index is 13.6. The van der Waals surface area contributed by atoms with E-state index in [4.69, 9.17) is 14.2 Å². The molecule has 1 aromatic heterocycles. The van der Waals surface area contributed by atoms with E-state index in [2.05, 4.69) is 6.58 Å². The fraction of sp³-hybridized carbons (Fsp3) is 0.462. The van der Waals surface area contributed by atoms with E-state index in [-0.39, 0.29) is 16.5 Å². The first kappa shape index (κ1) is 25.2. The highest BCUT2D eigenvalue weighted by Gasteiger charge is 2.41. The summed E-state index contributed by atoms with van der Waals surface area (Å²) in [7, 11) is -2.22. The minimum Gasteiger partial charge on any atom is -0.493 e. The minimum atomic E-state index is -3.82. The van der Waals surface area contributed by atoms with Crippen molar-refractivity contribution in [3.05, 3.63) is 51.8 Å². The molecule has 1 saturated carbocycles. The molecule has 188 valence electrons. The molecule has 2 heterocycles. The lowest BCUT2D eigenvalue weighted by Gasteiger charge is -2.29. The molecule has 8 nitrogen and oxygen atoms in total. The van der Waals surface area contributed by atoms with Crippen molar-refractivity contribution in [2.24, 2.45) is 0 Å². The van der Waals surface area contributed by atoms with E-state index < -0.39 is 32.7 Å². The van der Waals surface area contributed by atoms with Gasteiger partial charge in [-0.1, -0.05) is 12.7 Å². The van der Waals surface area contributed by atoms with Gasteiger partial charge in [0.05, 0.1) is 28.6 Å². The predicted octanol–water partition coefficient (Wildman–Crippen LogP) is 4.32. The highest BCUT2D eigenvalue weighted by Crippen LogP contribution is 2.49. The molecule has 1 atom stereocenters. The van der Waals surface area contributed by atoms with Crippen LogP contribution >= 0.6 is 0 Å². The van der Waals surface area contributed by atoms with Crippen molar-refractivity contribution in [3.63, 3.8) is 0 Å². The number of hydrogen-bond acceptors (Lipinski definition) is 7. The Kier molecular flexibility index (Phi) is 6.92. The number of benzene rings is 1. The quantitative estimate of drug-likeness (QED) is 0.372. The normalized spacial score (nSPS) is 18.0. The molecule has 0 spiro atoms. The Morgan fingerprint density at radius 1 is 1.23 bits per heavy atom. The molecule has 0 amide bonds. The second-order valence-corrected chi connectivity index (χ2v) is 11.4. The molecule has 9 heteroatoms. The summed E-state index contributed by atoms with van der Waals surface area (Å²) in [5.41, 5.74) is 1.39. The van der Waals surface area contributed by atoms with E-state index in [9.17, 15) is 18.0 Å². The van der Waals surface area contributed by atoms with Crippen LogP contribution in [-0.2, 0) is 19.3 Å². The van der Waals surface area contributed by atoms with Crippen LogP contribution in [-0.4, -0.2) is 45.4 Å². The molecular weight excluding hydrogens is 470 g/mol. The van der Waals surface area contributed by atoms with E-state index in [1.165, 1.54) is 12.1 Å². The minimum absolute atomic E-state index is 0.0962. The van der Waals surface area contributed by atoms with E-state index >= 15 is 0 Å². The molecule has 2 aromatic rings. The smallest absolute Gasteiger partial charge is 0.344 e. The number of pyridine rings is 1. The van der Waals surface area contributed by atoms with Gasteiger partial charge in [0.2, 0.25) is 0 Å². The Morgan fingerprint density at radius 2 is 1.94 bits per heavy atom. The molecule has 0 saturated heterocycles. The molecule has 0 radical (unpaired) electrons. The van der Waals surface area contributed by atoms with Crippen molar-refractivity contribution < 1.29 is 27.4 Å². The van der Waals surface area contributed by atoms with Crippen LogP contribution in [0.5, 0.6) is 5.75 Å². The van der Waals surface area contributed by atoms with Crippen molar-refractivity contribution in [3.8, 4) is 17.0 Å². The summed E-state index contributed by atoms with van der Waals surface area (Å²) >= 11 is 0. The molecule has 1 aliphatic heterocycles. The second kappa shape index (κ2) is 9.62. The number of methoxy groups -OCH3 is 1. The van der Waals surface area contributed by atoms with Gasteiger partial charge in [0, 0.05) is 43.4 Å². The SMILES string of the molecule is C=Cc1cc2c(cc1OCCCOC)S(=O)(=O)C(C)c1cc(C(=O)OC(C)C)c(=O)n(C3CC3)c1-2. The molecule has 2 aliphatic rings. The van der Waals surface area contributed by atoms with E-state index in [0.29, 0.717) is 47.8 Å². The van der Waals surface area contributed by atoms with Crippen molar-refractivity contribution in [2.75, 3.05) is 20.3 Å². The highest BCUT2D eigenvalue weighted by molar-refractivity contribution is 7.92. The van der Waals surface area contributed by atoms with Gasteiger partial charge >= 0.3 is 5.97 Å². The third-order valence-electron chi connectivity index (χ3n) is 6.29. The Bertz CT molecular complexity index is 1340. The van der Waals surface area contributed by atoms with Gasteiger partial charge in [0.15, 0.2) is 9.84 Å². The molecule has 4 rings (SSSR count). The van der Waals surface area contributed by atoms with Gasteiger partial charge < -0.3 is 18.8 Å². The van der Waals surface area contributed by atoms with Gasteiger partial charge in [-0.05, 0) is 51.3 Å². The van der Waals surface area contributed by atoms with Gasteiger partial charge in [0.1, 0.15) is 11.3 Å². The number of carbonyl (C=O) groups is 1. The summed E-state index contributed by atoms with van der Waals surface area (Å²) < 4.78 is 45.1. The number of esters is 1. The molecule has 0 N–H and O–H groups in total. The van der Waals surface area contributed by atoms with Gasteiger partial charge in [-0.25, -0.2) is 13.2 Å². The van der Waals surface area contributed by atoms with Crippen molar-refractivity contribution in [2.45, 2.75) is 62.3 Å². The Balaban J connectivity index is 1.95. The summed E-state index contributed by atoms with van der Waals surface area (Å²) in [5, 5.41) is -0.961. The van der Waals surface area contributed by atoms with E-state index in [0.717, 1.165) is 12.8 Å². The fourth-order valence-electron chi connectivity index (χ4n) is 4.38. The van der Waals surface area contributed by atoms with Crippen LogP contribution in [0.1, 0.15) is 72.8 Å². The summed E-state index contributed by atoms with van der Waals surface area (Å²) in [6, 6.07) is 4.54. The average molecular weight is 502 g/mol. The van der Waals surface area contributed by atoms with Crippen LogP contribution in [0, 0.1) is 0 Å². The van der Waals surface area contributed by atoms with E-state index in [1.807, 2.05) is 0 Å². The molecule has 1 unspecified atom stereocenters. The lowest BCUT2D eigenvalue weighted by atomic mass is 9.97. The predicted molar refractivity (Wildman–Crippen MR) is 133 cm³/mol. The summed E-state index contributed by atoms with van der Waals surface area (Å²) in [4.78, 5) is 26.3. The van der Waals surface area contributed by atoms with Gasteiger partial charge in [-0.15, -0.1) is 0 Å². The number of ether oxygens (including phenoxy) is 3. The van der Waals surface area contributed by atoms with Crippen LogP contribution in [0.4, 0.5) is 0 Å². The van der Waals surface area contributed by atoms with E-state index in [1.54, 1.807) is 44.6 Å². The number of rotatable bonds is 9. The standard InChI is InChI=1S/C26H31NO7S/c1-6-17-12-20-23(14-22(17)33-11-7-10-32-5)35(30,31)16(4)19-13-21(26(29)34-15(2)3)25(28)27(24(19)20)18-8-9-18/h6,12-16,18H,1,7-11H2,2-5H3. The first-order valence-corrected chi connectivity index (χ1v) is 13.3. The molecular formula is C26H31NO7S. The number of carbonyl (C=O) groups excluding carboxylic acids is 1. The third-order valence-corrected chi connectivity index (χ3v) is 8.42. The first-order chi connectivity index (χ1) is 16.6. The number of nitrogens with zero attached hydrogens (tertiary/aromatic N) is 1. The summed E-state index contributed by atoms with van der Waals surface area (Å²) in [5.74, 6) is -0.337. The number of fused-ring (bicyclic) bond motifs is 3. The second-order valence-electron chi connectivity index (χ2n) is 9.19. The molecule has 1 fully saturated rings. The largest absolute Gasteiger partial charge is 0.493 e. The molecule has 0 bridgehead atoms. The Morgan fingerprint density at radius 3 is 2.54 bits per heavy atom. The monoisotopic (exact) mass is 501 g/mol. The summed E-state index contributed by atoms with van der Waals surface area (Å²) in [6.45, 7) is 9.71. The van der Waals surface area contributed by atoms with Crippen molar-refractivity contribution >= 4 is 21.9 Å². The number of aromatic nitrogens is 1.